The van der Waals surface area contributed by atoms with Gasteiger partial charge in [0.05, 0.1) is 6.20 Å². The van der Waals surface area contributed by atoms with Gasteiger partial charge in [0.1, 0.15) is 6.26 Å². The summed E-state index contributed by atoms with van der Waals surface area (Å²) in [5.74, 6) is -0.00413. The lowest BCUT2D eigenvalue weighted by Gasteiger charge is -2.23. The van der Waals surface area contributed by atoms with Crippen molar-refractivity contribution in [2.45, 2.75) is 18.9 Å². The lowest BCUT2D eigenvalue weighted by Crippen LogP contribution is -2.23. The van der Waals surface area contributed by atoms with Gasteiger partial charge in [-0.25, -0.2) is 4.98 Å². The Hall–Kier alpha value is -2.22. The van der Waals surface area contributed by atoms with Crippen molar-refractivity contribution < 1.29 is 27.1 Å². The molecule has 2 aromatic rings. The predicted octanol–water partition coefficient (Wildman–Crippen LogP) is 3.30. The average molecular weight is 328 g/mol. The van der Waals surface area contributed by atoms with Crippen molar-refractivity contribution in [2.24, 2.45) is 5.92 Å². The van der Waals surface area contributed by atoms with E-state index in [0.29, 0.717) is 12.4 Å². The van der Waals surface area contributed by atoms with Gasteiger partial charge in [-0.2, -0.15) is 0 Å². The summed E-state index contributed by atoms with van der Waals surface area (Å²) >= 11 is 0. The number of ether oxygens (including phenoxy) is 2. The van der Waals surface area contributed by atoms with Crippen molar-refractivity contribution in [2.75, 3.05) is 13.1 Å². The molecule has 1 aliphatic heterocycles. The molecule has 1 saturated heterocycles. The second kappa shape index (κ2) is 6.49. The Bertz CT molecular complexity index is 625. The van der Waals surface area contributed by atoms with E-state index >= 15 is 0 Å². The fourth-order valence-electron chi connectivity index (χ4n) is 2.55. The number of rotatable bonds is 5. The lowest BCUT2D eigenvalue weighted by molar-refractivity contribution is -0.275. The Labute approximate surface area is 130 Å². The first-order valence-electron chi connectivity index (χ1n) is 7.14. The smallest absolute Gasteiger partial charge is 0.476 e. The molecule has 2 heterocycles. The number of benzene rings is 1. The predicted molar refractivity (Wildman–Crippen MR) is 74.0 cm³/mol. The maximum atomic E-state index is 12.5. The number of nitrogens with zero attached hydrogens (tertiary/aromatic N) is 1. The van der Waals surface area contributed by atoms with Gasteiger partial charge in [0, 0.05) is 12.5 Å². The second-order valence-electron chi connectivity index (χ2n) is 5.16. The maximum absolute atomic E-state index is 12.5. The highest BCUT2D eigenvalue weighted by molar-refractivity contribution is 5.40. The summed E-state index contributed by atoms with van der Waals surface area (Å²) in [6.45, 7) is 1.49. The molecule has 2 atom stereocenters. The zero-order chi connectivity index (χ0) is 16.3. The first-order chi connectivity index (χ1) is 11.0. The SMILES string of the molecule is FC(F)(F)Oc1ccccc1O[C@@H](c1ncco1)[C@H]1CCNC1. The van der Waals surface area contributed by atoms with Gasteiger partial charge in [-0.1, -0.05) is 12.1 Å². The first kappa shape index (κ1) is 15.7. The maximum Gasteiger partial charge on any atom is 0.573 e. The summed E-state index contributed by atoms with van der Waals surface area (Å²) in [6.07, 6.45) is -1.67. The third-order valence-electron chi connectivity index (χ3n) is 3.55. The minimum atomic E-state index is -4.78. The lowest BCUT2D eigenvalue weighted by atomic mass is 10.0. The standard InChI is InChI=1S/C15H15F3N2O3/c16-15(17,18)23-12-4-2-1-3-11(12)22-13(10-5-6-19-9-10)14-20-7-8-21-14/h1-4,7-8,10,13,19H,5-6,9H2/t10-,13+/m0/s1. The number of alkyl halides is 3. The van der Waals surface area contributed by atoms with E-state index in [0.717, 1.165) is 13.0 Å². The Morgan fingerprint density at radius 1 is 1.26 bits per heavy atom. The fourth-order valence-corrected chi connectivity index (χ4v) is 2.55. The van der Waals surface area contributed by atoms with Gasteiger partial charge in [-0.15, -0.1) is 13.2 Å². The van der Waals surface area contributed by atoms with E-state index in [2.05, 4.69) is 15.0 Å². The van der Waals surface area contributed by atoms with Crippen LogP contribution in [0.2, 0.25) is 0 Å². The Morgan fingerprint density at radius 3 is 2.65 bits per heavy atom. The first-order valence-corrected chi connectivity index (χ1v) is 7.14. The van der Waals surface area contributed by atoms with E-state index in [1.54, 1.807) is 6.07 Å². The van der Waals surface area contributed by atoms with Crippen LogP contribution in [-0.4, -0.2) is 24.4 Å². The van der Waals surface area contributed by atoms with Crippen LogP contribution in [0, 0.1) is 5.92 Å². The van der Waals surface area contributed by atoms with Crippen molar-refractivity contribution in [1.29, 1.82) is 0 Å². The van der Waals surface area contributed by atoms with Crippen LogP contribution in [0.4, 0.5) is 13.2 Å². The number of hydrogen-bond donors (Lipinski definition) is 1. The molecule has 0 bridgehead atoms. The van der Waals surface area contributed by atoms with Crippen LogP contribution in [0.15, 0.2) is 41.1 Å². The molecule has 5 nitrogen and oxygen atoms in total. The molecule has 8 heteroatoms. The zero-order valence-electron chi connectivity index (χ0n) is 12.0. The molecule has 1 fully saturated rings. The summed E-state index contributed by atoms with van der Waals surface area (Å²) in [7, 11) is 0. The van der Waals surface area contributed by atoms with Gasteiger partial charge in [0.25, 0.3) is 0 Å². The molecule has 1 N–H and O–H groups in total. The van der Waals surface area contributed by atoms with Crippen LogP contribution in [0.5, 0.6) is 11.5 Å². The minimum Gasteiger partial charge on any atom is -0.476 e. The molecular formula is C15H15F3N2O3. The molecule has 0 radical (unpaired) electrons. The summed E-state index contributed by atoms with van der Waals surface area (Å²) in [4.78, 5) is 4.08. The number of nitrogens with one attached hydrogen (secondary N) is 1. The molecule has 3 rings (SSSR count). The normalized spacial score (nSPS) is 19.5. The van der Waals surface area contributed by atoms with Crippen molar-refractivity contribution in [3.8, 4) is 11.5 Å². The van der Waals surface area contributed by atoms with Gasteiger partial charge >= 0.3 is 6.36 Å². The number of oxazole rings is 1. The van der Waals surface area contributed by atoms with Crippen LogP contribution in [0.25, 0.3) is 0 Å². The number of hydrogen-bond acceptors (Lipinski definition) is 5. The van der Waals surface area contributed by atoms with Crippen molar-refractivity contribution >= 4 is 0 Å². The third-order valence-corrected chi connectivity index (χ3v) is 3.55. The Morgan fingerprint density at radius 2 is 2.04 bits per heavy atom. The monoisotopic (exact) mass is 328 g/mol. The molecule has 0 spiro atoms. The van der Waals surface area contributed by atoms with Gasteiger partial charge in [-0.3, -0.25) is 0 Å². The largest absolute Gasteiger partial charge is 0.573 e. The van der Waals surface area contributed by atoms with Gasteiger partial charge in [0.2, 0.25) is 5.89 Å². The van der Waals surface area contributed by atoms with Gasteiger partial charge in [0.15, 0.2) is 17.6 Å². The Kier molecular flexibility index (Phi) is 4.42. The summed E-state index contributed by atoms with van der Waals surface area (Å²) in [5.41, 5.74) is 0. The van der Waals surface area contributed by atoms with E-state index < -0.39 is 12.5 Å². The van der Waals surface area contributed by atoms with Crippen molar-refractivity contribution in [3.63, 3.8) is 0 Å². The number of para-hydroxylation sites is 2. The molecular weight excluding hydrogens is 313 g/mol. The summed E-state index contributed by atoms with van der Waals surface area (Å²) in [6, 6.07) is 5.67. The minimum absolute atomic E-state index is 0.0000694. The quantitative estimate of drug-likeness (QED) is 0.913. The molecule has 124 valence electrons. The van der Waals surface area contributed by atoms with E-state index in [9.17, 15) is 13.2 Å². The van der Waals surface area contributed by atoms with E-state index in [-0.39, 0.29) is 17.4 Å². The Balaban J connectivity index is 1.85. The molecule has 0 amide bonds. The highest BCUT2D eigenvalue weighted by Gasteiger charge is 2.35. The number of aromatic nitrogens is 1. The van der Waals surface area contributed by atoms with Gasteiger partial charge in [-0.05, 0) is 25.1 Å². The van der Waals surface area contributed by atoms with Crippen LogP contribution in [-0.2, 0) is 0 Å². The molecule has 0 saturated carbocycles. The van der Waals surface area contributed by atoms with Crippen LogP contribution >= 0.6 is 0 Å². The zero-order valence-corrected chi connectivity index (χ0v) is 12.0. The fraction of sp³-hybridized carbons (Fsp3) is 0.400. The molecule has 1 aromatic heterocycles. The molecule has 0 unspecified atom stereocenters. The summed E-state index contributed by atoms with van der Waals surface area (Å²) in [5, 5.41) is 3.19. The molecule has 23 heavy (non-hydrogen) atoms. The second-order valence-corrected chi connectivity index (χ2v) is 5.16. The van der Waals surface area contributed by atoms with E-state index in [1.165, 1.54) is 30.7 Å². The van der Waals surface area contributed by atoms with Crippen LogP contribution in [0.3, 0.4) is 0 Å². The highest BCUT2D eigenvalue weighted by Crippen LogP contribution is 2.37. The van der Waals surface area contributed by atoms with Crippen molar-refractivity contribution in [1.82, 2.24) is 10.3 Å². The molecule has 1 aliphatic rings. The van der Waals surface area contributed by atoms with Crippen LogP contribution in [0.1, 0.15) is 18.4 Å². The highest BCUT2D eigenvalue weighted by atomic mass is 19.4. The van der Waals surface area contributed by atoms with E-state index in [4.69, 9.17) is 9.15 Å². The average Bonchev–Trinajstić information content (AvgIpc) is 3.18. The van der Waals surface area contributed by atoms with Crippen LogP contribution < -0.4 is 14.8 Å². The number of halogens is 3. The summed E-state index contributed by atoms with van der Waals surface area (Å²) < 4.78 is 52.7. The molecule has 1 aromatic carbocycles. The topological polar surface area (TPSA) is 56.5 Å². The van der Waals surface area contributed by atoms with E-state index in [1.807, 2.05) is 0 Å². The van der Waals surface area contributed by atoms with Crippen molar-refractivity contribution in [3.05, 3.63) is 42.6 Å². The van der Waals surface area contributed by atoms with Gasteiger partial charge < -0.3 is 19.2 Å². The molecule has 0 aliphatic carbocycles. The third kappa shape index (κ3) is 3.95.